The molecule has 1 fully saturated rings. The molecule has 1 aromatic carbocycles. The van der Waals surface area contributed by atoms with Crippen LogP contribution in [-0.2, 0) is 16.1 Å². The summed E-state index contributed by atoms with van der Waals surface area (Å²) in [7, 11) is -2.80. The van der Waals surface area contributed by atoms with Crippen molar-refractivity contribution in [2.45, 2.75) is 31.8 Å². The van der Waals surface area contributed by atoms with E-state index in [-0.39, 0.29) is 24.6 Å². The molecule has 0 bridgehead atoms. The normalized spacial score (nSPS) is 14.4. The summed E-state index contributed by atoms with van der Waals surface area (Å²) >= 11 is 0. The van der Waals surface area contributed by atoms with Gasteiger partial charge >= 0.3 is 7.82 Å². The van der Waals surface area contributed by atoms with Crippen LogP contribution in [0.5, 0.6) is 5.75 Å². The van der Waals surface area contributed by atoms with Crippen LogP contribution >= 0.6 is 7.82 Å². The highest BCUT2D eigenvalue weighted by Gasteiger charge is 2.33. The van der Waals surface area contributed by atoms with E-state index in [0.717, 1.165) is 11.4 Å². The van der Waals surface area contributed by atoms with E-state index in [1.165, 1.54) is 0 Å². The van der Waals surface area contributed by atoms with Gasteiger partial charge in [0.05, 0.1) is 29.8 Å². The van der Waals surface area contributed by atoms with Gasteiger partial charge in [0, 0.05) is 50.4 Å². The minimum Gasteiger partial charge on any atom is -0.493 e. The van der Waals surface area contributed by atoms with Gasteiger partial charge in [-0.25, -0.2) is 9.55 Å². The van der Waals surface area contributed by atoms with Gasteiger partial charge in [0.25, 0.3) is 11.9 Å². The predicted octanol–water partition coefficient (Wildman–Crippen LogP) is 3.06. The summed E-state index contributed by atoms with van der Waals surface area (Å²) in [4.78, 5) is 41.2. The molecule has 4 aromatic rings. The maximum Gasteiger partial charge on any atom is 0.470 e. The summed E-state index contributed by atoms with van der Waals surface area (Å²) in [6, 6.07) is 9.37. The van der Waals surface area contributed by atoms with Gasteiger partial charge in [-0.3, -0.25) is 14.0 Å². The van der Waals surface area contributed by atoms with E-state index < -0.39 is 19.3 Å². The van der Waals surface area contributed by atoms with E-state index in [9.17, 15) is 9.36 Å². The lowest BCUT2D eigenvalue weighted by molar-refractivity contribution is 0.0462. The molecule has 3 aromatic heterocycles. The monoisotopic (exact) mass is 571 g/mol. The van der Waals surface area contributed by atoms with Crippen molar-refractivity contribution in [3.8, 4) is 5.75 Å². The van der Waals surface area contributed by atoms with Gasteiger partial charge in [-0.1, -0.05) is 0 Å². The molecule has 0 aliphatic carbocycles. The third-order valence-corrected chi connectivity index (χ3v) is 7.12. The quantitative estimate of drug-likeness (QED) is 0.193. The number of carbonyl (C=O) groups excluding carboxylic acids is 1. The number of nitrogens with two attached hydrogens (primary N) is 1. The SMILES string of the molecule is Cn1cc(Nc2ccc(C3CN(c4nc5ccc(OCCC(C)(C)OP(=O)(O)O)cc5o4)C3)nc2C(N)=O)cn1. The summed E-state index contributed by atoms with van der Waals surface area (Å²) < 4.78 is 29.2. The zero-order chi connectivity index (χ0) is 28.7. The number of aromatic nitrogens is 4. The second-order valence-corrected chi connectivity index (χ2v) is 11.4. The molecule has 0 saturated carbocycles. The van der Waals surface area contributed by atoms with Gasteiger partial charge in [0.15, 0.2) is 11.3 Å². The zero-order valence-electron chi connectivity index (χ0n) is 22.1. The molecule has 5 rings (SSSR count). The second kappa shape index (κ2) is 10.5. The minimum atomic E-state index is -4.60. The Morgan fingerprint density at radius 2 is 2.02 bits per heavy atom. The number of primary amides is 1. The average molecular weight is 572 g/mol. The molecule has 0 radical (unpaired) electrons. The van der Waals surface area contributed by atoms with Crippen LogP contribution in [0.3, 0.4) is 0 Å². The number of nitrogens with one attached hydrogen (secondary N) is 1. The van der Waals surface area contributed by atoms with Gasteiger partial charge in [0.2, 0.25) is 0 Å². The van der Waals surface area contributed by atoms with Crippen LogP contribution in [0.25, 0.3) is 11.1 Å². The molecule has 5 N–H and O–H groups in total. The average Bonchev–Trinajstić information content (AvgIpc) is 3.42. The fraction of sp³-hybridized carbons (Fsp3) is 0.360. The minimum absolute atomic E-state index is 0.0677. The Bertz CT molecular complexity index is 1590. The number of anilines is 3. The summed E-state index contributed by atoms with van der Waals surface area (Å²) in [5, 5.41) is 7.24. The molecule has 1 amide bonds. The smallest absolute Gasteiger partial charge is 0.470 e. The fourth-order valence-electron chi connectivity index (χ4n) is 4.35. The van der Waals surface area contributed by atoms with Crippen molar-refractivity contribution >= 4 is 42.2 Å². The Balaban J connectivity index is 1.20. The van der Waals surface area contributed by atoms with E-state index >= 15 is 0 Å². The molecule has 14 nitrogen and oxygen atoms in total. The van der Waals surface area contributed by atoms with Crippen LogP contribution in [0.4, 0.5) is 17.4 Å². The zero-order valence-corrected chi connectivity index (χ0v) is 23.0. The molecule has 1 aliphatic rings. The highest BCUT2D eigenvalue weighted by atomic mass is 31.2. The van der Waals surface area contributed by atoms with Crippen LogP contribution in [0.2, 0.25) is 0 Å². The van der Waals surface area contributed by atoms with Gasteiger partial charge in [-0.15, -0.1) is 0 Å². The summed E-state index contributed by atoms with van der Waals surface area (Å²) in [5.74, 6) is -0.0238. The molecule has 4 heterocycles. The van der Waals surface area contributed by atoms with Gasteiger partial charge in [-0.05, 0) is 38.1 Å². The van der Waals surface area contributed by atoms with Crippen molar-refractivity contribution < 1.29 is 32.8 Å². The summed E-state index contributed by atoms with van der Waals surface area (Å²) in [6.45, 7) is 4.56. The first-order chi connectivity index (χ1) is 18.8. The first kappa shape index (κ1) is 27.6. The molecule has 1 aliphatic heterocycles. The number of fused-ring (bicyclic) bond motifs is 1. The molecular weight excluding hydrogens is 541 g/mol. The highest BCUT2D eigenvalue weighted by Crippen LogP contribution is 2.42. The van der Waals surface area contributed by atoms with Crippen LogP contribution in [0.15, 0.2) is 47.1 Å². The largest absolute Gasteiger partial charge is 0.493 e. The molecule has 0 spiro atoms. The number of rotatable bonds is 11. The number of phosphoric ester groups is 1. The number of carbonyl (C=O) groups is 1. The molecular formula is C25H30N7O7P. The number of hydrogen-bond acceptors (Lipinski definition) is 10. The Labute approximate surface area is 229 Å². The van der Waals surface area contributed by atoms with Crippen molar-refractivity contribution in [3.63, 3.8) is 0 Å². The number of ether oxygens (including phenoxy) is 1. The van der Waals surface area contributed by atoms with E-state index in [0.29, 0.717) is 41.6 Å². The lowest BCUT2D eigenvalue weighted by Gasteiger charge is -2.37. The van der Waals surface area contributed by atoms with Crippen molar-refractivity contribution in [1.82, 2.24) is 19.7 Å². The highest BCUT2D eigenvalue weighted by molar-refractivity contribution is 7.46. The summed E-state index contributed by atoms with van der Waals surface area (Å²) in [6.07, 6.45) is 3.69. The molecule has 0 atom stereocenters. The number of hydrogen-bond donors (Lipinski definition) is 4. The number of nitrogens with zero attached hydrogens (tertiary/aromatic N) is 5. The van der Waals surface area contributed by atoms with E-state index in [4.69, 9.17) is 29.2 Å². The third-order valence-electron chi connectivity index (χ3n) is 6.39. The van der Waals surface area contributed by atoms with Gasteiger partial charge in [-0.2, -0.15) is 10.1 Å². The van der Waals surface area contributed by atoms with Crippen molar-refractivity contribution in [3.05, 3.63) is 54.1 Å². The number of amides is 1. The van der Waals surface area contributed by atoms with E-state index in [1.807, 2.05) is 11.0 Å². The number of oxazole rings is 1. The number of pyridine rings is 1. The topological polar surface area (TPSA) is 191 Å². The Morgan fingerprint density at radius 3 is 2.70 bits per heavy atom. The molecule has 40 heavy (non-hydrogen) atoms. The first-order valence-electron chi connectivity index (χ1n) is 12.5. The lowest BCUT2D eigenvalue weighted by Crippen LogP contribution is -2.45. The van der Waals surface area contributed by atoms with Crippen molar-refractivity contribution in [2.24, 2.45) is 12.8 Å². The maximum absolute atomic E-state index is 12.1. The van der Waals surface area contributed by atoms with E-state index in [2.05, 4.69) is 20.4 Å². The van der Waals surface area contributed by atoms with Crippen LogP contribution in [0, 0.1) is 0 Å². The number of aryl methyl sites for hydroxylation is 1. The maximum atomic E-state index is 12.1. The molecule has 0 unspecified atom stereocenters. The Morgan fingerprint density at radius 1 is 1.25 bits per heavy atom. The van der Waals surface area contributed by atoms with Crippen LogP contribution < -0.4 is 20.7 Å². The summed E-state index contributed by atoms with van der Waals surface area (Å²) in [5.41, 5.74) is 7.89. The standard InChI is InChI=1S/C25H30N7O7P/c1-25(2,39-40(34,35)36)8-9-37-17-4-5-19-21(10-17)38-24(30-19)32-12-15(13-32)18-6-7-20(22(29-18)23(26)33)28-16-11-27-31(3)14-16/h4-7,10-11,14-15,28H,8-9,12-13H2,1-3H3,(H2,26,33)(H2,34,35,36). The lowest BCUT2D eigenvalue weighted by atomic mass is 9.96. The molecule has 1 saturated heterocycles. The Kier molecular flexibility index (Phi) is 7.27. The second-order valence-electron chi connectivity index (χ2n) is 10.2. The first-order valence-corrected chi connectivity index (χ1v) is 14.0. The van der Waals surface area contributed by atoms with Gasteiger partial charge < -0.3 is 34.9 Å². The van der Waals surface area contributed by atoms with Crippen molar-refractivity contribution in [1.29, 1.82) is 0 Å². The van der Waals surface area contributed by atoms with E-state index in [1.54, 1.807) is 62.2 Å². The van der Waals surface area contributed by atoms with Crippen molar-refractivity contribution in [2.75, 3.05) is 29.9 Å². The van der Waals surface area contributed by atoms with Gasteiger partial charge in [0.1, 0.15) is 11.3 Å². The molecule has 212 valence electrons. The van der Waals surface area contributed by atoms with Crippen LogP contribution in [0.1, 0.15) is 42.4 Å². The van der Waals surface area contributed by atoms with Crippen LogP contribution in [-0.4, -0.2) is 60.7 Å². The predicted molar refractivity (Wildman–Crippen MR) is 146 cm³/mol. The fourth-order valence-corrected chi connectivity index (χ4v) is 5.09. The number of phosphoric acid groups is 1. The Hall–Kier alpha value is -3.97. The number of benzene rings is 1. The third kappa shape index (κ3) is 6.42. The molecule has 15 heteroatoms.